The van der Waals surface area contributed by atoms with Crippen LogP contribution in [0.15, 0.2) is 6.20 Å². The van der Waals surface area contributed by atoms with Gasteiger partial charge in [-0.1, -0.05) is 12.8 Å². The van der Waals surface area contributed by atoms with Gasteiger partial charge in [-0.25, -0.2) is 4.98 Å². The van der Waals surface area contributed by atoms with Gasteiger partial charge in [0.25, 0.3) is 0 Å². The van der Waals surface area contributed by atoms with Gasteiger partial charge in [-0.3, -0.25) is 0 Å². The molecule has 84 valence electrons. The quantitative estimate of drug-likeness (QED) is 0.696. The number of aromatic nitrogens is 2. The minimum Gasteiger partial charge on any atom is -0.394 e. The molecule has 1 aliphatic rings. The average Bonchev–Trinajstić information content (AvgIpc) is 2.85. The van der Waals surface area contributed by atoms with Crippen LogP contribution in [0.2, 0.25) is 0 Å². The Kier molecular flexibility index (Phi) is 3.07. The zero-order valence-electron chi connectivity index (χ0n) is 9.21. The third-order valence-electron chi connectivity index (χ3n) is 3.27. The number of hydrogen-bond acceptors (Lipinski definition) is 3. The summed E-state index contributed by atoms with van der Waals surface area (Å²) in [4.78, 5) is 7.34. The highest BCUT2D eigenvalue weighted by molar-refractivity contribution is 5.02. The molecule has 0 saturated heterocycles. The number of rotatable bonds is 4. The maximum Gasteiger partial charge on any atom is 0.103 e. The second kappa shape index (κ2) is 4.33. The van der Waals surface area contributed by atoms with E-state index in [2.05, 4.69) is 15.3 Å². The minimum absolute atomic E-state index is 0.0426. The van der Waals surface area contributed by atoms with E-state index in [0.717, 1.165) is 30.9 Å². The smallest absolute Gasteiger partial charge is 0.103 e. The van der Waals surface area contributed by atoms with Gasteiger partial charge >= 0.3 is 0 Å². The highest BCUT2D eigenvalue weighted by atomic mass is 16.3. The molecule has 1 fully saturated rings. The van der Waals surface area contributed by atoms with E-state index in [4.69, 9.17) is 0 Å². The van der Waals surface area contributed by atoms with E-state index in [1.54, 1.807) is 0 Å². The van der Waals surface area contributed by atoms with E-state index in [9.17, 15) is 5.11 Å². The van der Waals surface area contributed by atoms with Gasteiger partial charge in [0.1, 0.15) is 5.82 Å². The zero-order chi connectivity index (χ0) is 10.7. The SMILES string of the molecule is Cc1ncc(CNC2(CO)CCCC2)[nH]1. The van der Waals surface area contributed by atoms with Crippen molar-refractivity contribution >= 4 is 0 Å². The fourth-order valence-corrected chi connectivity index (χ4v) is 2.29. The van der Waals surface area contributed by atoms with Crippen molar-refractivity contribution in [1.82, 2.24) is 15.3 Å². The molecule has 0 aromatic carbocycles. The van der Waals surface area contributed by atoms with Crippen LogP contribution in [-0.2, 0) is 6.54 Å². The molecule has 1 aromatic heterocycles. The monoisotopic (exact) mass is 209 g/mol. The molecule has 1 aliphatic carbocycles. The van der Waals surface area contributed by atoms with Gasteiger partial charge in [0.15, 0.2) is 0 Å². The summed E-state index contributed by atoms with van der Waals surface area (Å²) in [5.74, 6) is 0.941. The maximum atomic E-state index is 9.41. The molecular formula is C11H19N3O. The second-order valence-corrected chi connectivity index (χ2v) is 4.49. The molecule has 4 nitrogen and oxygen atoms in total. The van der Waals surface area contributed by atoms with Gasteiger partial charge in [-0.2, -0.15) is 0 Å². The maximum absolute atomic E-state index is 9.41. The molecule has 0 radical (unpaired) electrons. The van der Waals surface area contributed by atoms with Gasteiger partial charge < -0.3 is 15.4 Å². The van der Waals surface area contributed by atoms with Gasteiger partial charge in [0, 0.05) is 24.0 Å². The van der Waals surface area contributed by atoms with Crippen molar-refractivity contribution in [3.05, 3.63) is 17.7 Å². The van der Waals surface area contributed by atoms with Crippen LogP contribution in [0, 0.1) is 6.92 Å². The summed E-state index contributed by atoms with van der Waals surface area (Å²) >= 11 is 0. The number of nitrogens with zero attached hydrogens (tertiary/aromatic N) is 1. The van der Waals surface area contributed by atoms with Gasteiger partial charge in [0.05, 0.1) is 6.61 Å². The number of nitrogens with one attached hydrogen (secondary N) is 2. The Balaban J connectivity index is 1.91. The average molecular weight is 209 g/mol. The molecule has 1 heterocycles. The zero-order valence-corrected chi connectivity index (χ0v) is 9.21. The molecule has 0 bridgehead atoms. The molecule has 0 aliphatic heterocycles. The number of aliphatic hydroxyl groups is 1. The van der Waals surface area contributed by atoms with Crippen molar-refractivity contribution in [2.75, 3.05) is 6.61 Å². The van der Waals surface area contributed by atoms with E-state index in [1.807, 2.05) is 13.1 Å². The Morgan fingerprint density at radius 2 is 2.27 bits per heavy atom. The van der Waals surface area contributed by atoms with Crippen LogP contribution < -0.4 is 5.32 Å². The molecule has 1 aromatic rings. The lowest BCUT2D eigenvalue weighted by Gasteiger charge is -2.27. The predicted molar refractivity (Wildman–Crippen MR) is 58.4 cm³/mol. The lowest BCUT2D eigenvalue weighted by molar-refractivity contribution is 0.162. The first-order chi connectivity index (χ1) is 7.24. The van der Waals surface area contributed by atoms with Crippen LogP contribution >= 0.6 is 0 Å². The molecule has 2 rings (SSSR count). The van der Waals surface area contributed by atoms with Crippen LogP contribution in [0.1, 0.15) is 37.2 Å². The van der Waals surface area contributed by atoms with Crippen LogP contribution in [0.25, 0.3) is 0 Å². The third kappa shape index (κ3) is 2.38. The van der Waals surface area contributed by atoms with Crippen molar-refractivity contribution < 1.29 is 5.11 Å². The Labute approximate surface area is 90.1 Å². The Bertz CT molecular complexity index is 315. The van der Waals surface area contributed by atoms with Crippen LogP contribution in [0.5, 0.6) is 0 Å². The molecule has 3 N–H and O–H groups in total. The van der Waals surface area contributed by atoms with Crippen molar-refractivity contribution in [3.63, 3.8) is 0 Å². The minimum atomic E-state index is -0.0426. The summed E-state index contributed by atoms with van der Waals surface area (Å²) in [7, 11) is 0. The van der Waals surface area contributed by atoms with E-state index < -0.39 is 0 Å². The normalized spacial score (nSPS) is 19.6. The highest BCUT2D eigenvalue weighted by Crippen LogP contribution is 2.29. The molecule has 0 atom stereocenters. The third-order valence-corrected chi connectivity index (χ3v) is 3.27. The topological polar surface area (TPSA) is 60.9 Å². The number of aromatic amines is 1. The van der Waals surface area contributed by atoms with Crippen LogP contribution in [0.3, 0.4) is 0 Å². The first-order valence-corrected chi connectivity index (χ1v) is 5.60. The Morgan fingerprint density at radius 1 is 1.53 bits per heavy atom. The first kappa shape index (κ1) is 10.6. The van der Waals surface area contributed by atoms with E-state index in [1.165, 1.54) is 12.8 Å². The number of aryl methyl sites for hydroxylation is 1. The molecule has 1 saturated carbocycles. The first-order valence-electron chi connectivity index (χ1n) is 5.60. The summed E-state index contributed by atoms with van der Waals surface area (Å²) in [6, 6.07) is 0. The van der Waals surface area contributed by atoms with Gasteiger partial charge in [-0.15, -0.1) is 0 Å². The molecule has 0 spiro atoms. The van der Waals surface area contributed by atoms with Gasteiger partial charge in [-0.05, 0) is 19.8 Å². The lowest BCUT2D eigenvalue weighted by Crippen LogP contribution is -2.45. The van der Waals surface area contributed by atoms with Crippen LogP contribution in [0.4, 0.5) is 0 Å². The fourth-order valence-electron chi connectivity index (χ4n) is 2.29. The summed E-state index contributed by atoms with van der Waals surface area (Å²) in [6.45, 7) is 2.95. The fraction of sp³-hybridized carbons (Fsp3) is 0.727. The molecular weight excluding hydrogens is 190 g/mol. The van der Waals surface area contributed by atoms with Crippen molar-refractivity contribution in [3.8, 4) is 0 Å². The molecule has 4 heteroatoms. The molecule has 0 unspecified atom stereocenters. The summed E-state index contributed by atoms with van der Waals surface area (Å²) in [5, 5.41) is 12.9. The standard InChI is InChI=1S/C11H19N3O/c1-9-12-6-10(14-9)7-13-11(8-15)4-2-3-5-11/h6,13,15H,2-5,7-8H2,1H3,(H,12,14). The largest absolute Gasteiger partial charge is 0.394 e. The van der Waals surface area contributed by atoms with E-state index >= 15 is 0 Å². The summed E-state index contributed by atoms with van der Waals surface area (Å²) < 4.78 is 0. The number of aliphatic hydroxyl groups excluding tert-OH is 1. The number of imidazole rings is 1. The van der Waals surface area contributed by atoms with E-state index in [-0.39, 0.29) is 12.1 Å². The lowest BCUT2D eigenvalue weighted by atomic mass is 9.99. The van der Waals surface area contributed by atoms with Crippen LogP contribution in [-0.4, -0.2) is 27.2 Å². The number of H-pyrrole nitrogens is 1. The van der Waals surface area contributed by atoms with Crippen molar-refractivity contribution in [2.45, 2.75) is 44.7 Å². The van der Waals surface area contributed by atoms with Crippen molar-refractivity contribution in [1.29, 1.82) is 0 Å². The summed E-state index contributed by atoms with van der Waals surface area (Å²) in [5.41, 5.74) is 1.05. The van der Waals surface area contributed by atoms with Crippen molar-refractivity contribution in [2.24, 2.45) is 0 Å². The molecule has 15 heavy (non-hydrogen) atoms. The Morgan fingerprint density at radius 3 is 2.80 bits per heavy atom. The second-order valence-electron chi connectivity index (χ2n) is 4.49. The predicted octanol–water partition coefficient (Wildman–Crippen LogP) is 1.11. The Hall–Kier alpha value is -0.870. The molecule has 0 amide bonds. The number of hydrogen-bond donors (Lipinski definition) is 3. The highest BCUT2D eigenvalue weighted by Gasteiger charge is 2.32. The summed E-state index contributed by atoms with van der Waals surface area (Å²) in [6.07, 6.45) is 6.45. The van der Waals surface area contributed by atoms with Gasteiger partial charge in [0.2, 0.25) is 0 Å². The van der Waals surface area contributed by atoms with E-state index in [0.29, 0.717) is 0 Å².